The van der Waals surface area contributed by atoms with Crippen LogP contribution in [0.3, 0.4) is 0 Å². The first-order valence-corrected chi connectivity index (χ1v) is 7.69. The van der Waals surface area contributed by atoms with E-state index in [-0.39, 0.29) is 18.7 Å². The minimum absolute atomic E-state index is 0.0962. The number of anilines is 1. The maximum atomic E-state index is 12.3. The summed E-state index contributed by atoms with van der Waals surface area (Å²) in [6, 6.07) is 10.9. The number of hydrogen-bond donors (Lipinski definition) is 1. The Balaban J connectivity index is 2.30. The van der Waals surface area contributed by atoms with Crippen molar-refractivity contribution in [2.24, 2.45) is 0 Å². The van der Waals surface area contributed by atoms with Crippen LogP contribution in [0.4, 0.5) is 10.5 Å². The minimum atomic E-state index is -0.449. The smallest absolute Gasteiger partial charge is 0.343 e. The second-order valence-electron chi connectivity index (χ2n) is 5.66. The molecule has 2 aromatic rings. The number of nitrogens with one attached hydrogen (secondary N) is 1. The van der Waals surface area contributed by atoms with Crippen LogP contribution in [0.2, 0.25) is 0 Å². The van der Waals surface area contributed by atoms with Crippen LogP contribution in [0, 0.1) is 0 Å². The van der Waals surface area contributed by atoms with Gasteiger partial charge < -0.3 is 19.7 Å². The summed E-state index contributed by atoms with van der Waals surface area (Å²) >= 11 is 0. The molecule has 2 aromatic carbocycles. The quantitative estimate of drug-likeness (QED) is 0.855. The zero-order valence-corrected chi connectivity index (χ0v) is 14.3. The topological polar surface area (TPSA) is 67.9 Å². The fourth-order valence-corrected chi connectivity index (χ4v) is 2.14. The molecule has 2 rings (SSSR count). The molecule has 0 aliphatic carbocycles. The standard InChI is InChI=1S/C18H22N2O4/c1-12(2)20(3)18(22)19-15-9-10-16(24-11-17(21)23-4)14-8-6-5-7-13(14)15/h5-10,12H,11H2,1-4H3,(H,19,22). The molecular formula is C18H22N2O4. The van der Waals surface area contributed by atoms with E-state index in [4.69, 9.17) is 4.74 Å². The van der Waals surface area contributed by atoms with Gasteiger partial charge in [0.05, 0.1) is 12.8 Å². The summed E-state index contributed by atoms with van der Waals surface area (Å²) in [7, 11) is 3.06. The summed E-state index contributed by atoms with van der Waals surface area (Å²) in [5, 5.41) is 4.56. The van der Waals surface area contributed by atoms with Crippen LogP contribution in [-0.2, 0) is 9.53 Å². The third-order valence-corrected chi connectivity index (χ3v) is 3.79. The van der Waals surface area contributed by atoms with Crippen LogP contribution >= 0.6 is 0 Å². The normalized spacial score (nSPS) is 10.5. The summed E-state index contributed by atoms with van der Waals surface area (Å²) in [6.45, 7) is 3.73. The van der Waals surface area contributed by atoms with Crippen LogP contribution in [0.15, 0.2) is 36.4 Å². The van der Waals surface area contributed by atoms with Gasteiger partial charge in [-0.05, 0) is 26.0 Å². The number of amides is 2. The molecule has 0 spiro atoms. The Morgan fingerprint density at radius 2 is 1.79 bits per heavy atom. The monoisotopic (exact) mass is 330 g/mol. The molecule has 6 heteroatoms. The van der Waals surface area contributed by atoms with Crippen LogP contribution in [-0.4, -0.2) is 43.7 Å². The molecule has 0 radical (unpaired) electrons. The molecule has 0 aliphatic heterocycles. The van der Waals surface area contributed by atoms with Gasteiger partial charge in [0.1, 0.15) is 5.75 Å². The molecule has 6 nitrogen and oxygen atoms in total. The molecule has 2 amide bonds. The molecule has 1 N–H and O–H groups in total. The summed E-state index contributed by atoms with van der Waals surface area (Å²) in [4.78, 5) is 25.1. The van der Waals surface area contributed by atoms with Crippen molar-refractivity contribution in [2.75, 3.05) is 26.1 Å². The van der Waals surface area contributed by atoms with E-state index < -0.39 is 5.97 Å². The molecule has 0 saturated carbocycles. The van der Waals surface area contributed by atoms with Crippen molar-refractivity contribution >= 4 is 28.5 Å². The average molecular weight is 330 g/mol. The highest BCUT2D eigenvalue weighted by atomic mass is 16.6. The van der Waals surface area contributed by atoms with Crippen molar-refractivity contribution in [1.29, 1.82) is 0 Å². The zero-order valence-electron chi connectivity index (χ0n) is 14.3. The van der Waals surface area contributed by atoms with Crippen molar-refractivity contribution in [3.63, 3.8) is 0 Å². The van der Waals surface area contributed by atoms with E-state index in [9.17, 15) is 9.59 Å². The lowest BCUT2D eigenvalue weighted by Gasteiger charge is -2.22. The highest BCUT2D eigenvalue weighted by Gasteiger charge is 2.14. The number of carbonyl (C=O) groups is 2. The fraction of sp³-hybridized carbons (Fsp3) is 0.333. The number of nitrogens with zero attached hydrogens (tertiary/aromatic N) is 1. The maximum absolute atomic E-state index is 12.3. The van der Waals surface area contributed by atoms with Gasteiger partial charge in [-0.15, -0.1) is 0 Å². The molecule has 0 aliphatic rings. The minimum Gasteiger partial charge on any atom is -0.481 e. The molecule has 0 bridgehead atoms. The Kier molecular flexibility index (Phi) is 5.63. The summed E-state index contributed by atoms with van der Waals surface area (Å²) in [6.07, 6.45) is 0. The second-order valence-corrected chi connectivity index (χ2v) is 5.66. The summed E-state index contributed by atoms with van der Waals surface area (Å²) in [5.41, 5.74) is 0.688. The molecule has 0 atom stereocenters. The Bertz CT molecular complexity index is 743. The van der Waals surface area contributed by atoms with E-state index in [0.29, 0.717) is 11.4 Å². The SMILES string of the molecule is COC(=O)COc1ccc(NC(=O)N(C)C(C)C)c2ccccc12. The van der Waals surface area contributed by atoms with Crippen LogP contribution in [0.1, 0.15) is 13.8 Å². The number of fused-ring (bicyclic) bond motifs is 1. The van der Waals surface area contributed by atoms with Crippen molar-refractivity contribution in [3.8, 4) is 5.75 Å². The number of carbonyl (C=O) groups excluding carboxylic acids is 2. The first kappa shape index (κ1) is 17.6. The van der Waals surface area contributed by atoms with Gasteiger partial charge in [-0.3, -0.25) is 0 Å². The van der Waals surface area contributed by atoms with Gasteiger partial charge in [-0.2, -0.15) is 0 Å². The highest BCUT2D eigenvalue weighted by molar-refractivity contribution is 6.03. The average Bonchev–Trinajstić information content (AvgIpc) is 2.59. The van der Waals surface area contributed by atoms with Gasteiger partial charge in [0.25, 0.3) is 0 Å². The van der Waals surface area contributed by atoms with Gasteiger partial charge in [0.15, 0.2) is 6.61 Å². The third-order valence-electron chi connectivity index (χ3n) is 3.79. The van der Waals surface area contributed by atoms with Crippen molar-refractivity contribution in [1.82, 2.24) is 4.90 Å². The van der Waals surface area contributed by atoms with Gasteiger partial charge in [0.2, 0.25) is 0 Å². The third kappa shape index (κ3) is 3.95. The van der Waals surface area contributed by atoms with E-state index >= 15 is 0 Å². The van der Waals surface area contributed by atoms with Crippen LogP contribution in [0.5, 0.6) is 5.75 Å². The largest absolute Gasteiger partial charge is 0.481 e. The van der Waals surface area contributed by atoms with E-state index in [0.717, 1.165) is 10.8 Å². The molecule has 0 unspecified atom stereocenters. The van der Waals surface area contributed by atoms with E-state index in [1.807, 2.05) is 38.1 Å². The number of benzene rings is 2. The lowest BCUT2D eigenvalue weighted by molar-refractivity contribution is -0.142. The zero-order chi connectivity index (χ0) is 17.7. The number of rotatable bonds is 5. The number of ether oxygens (including phenoxy) is 2. The van der Waals surface area contributed by atoms with Crippen molar-refractivity contribution in [2.45, 2.75) is 19.9 Å². The Morgan fingerprint density at radius 1 is 1.12 bits per heavy atom. The van der Waals surface area contributed by atoms with Gasteiger partial charge in [-0.25, -0.2) is 9.59 Å². The predicted octanol–water partition coefficient (Wildman–Crippen LogP) is 3.26. The second kappa shape index (κ2) is 7.68. The van der Waals surface area contributed by atoms with Gasteiger partial charge in [0, 0.05) is 23.9 Å². The molecule has 0 saturated heterocycles. The van der Waals surface area contributed by atoms with Crippen LogP contribution in [0.25, 0.3) is 10.8 Å². The Morgan fingerprint density at radius 3 is 2.42 bits per heavy atom. The highest BCUT2D eigenvalue weighted by Crippen LogP contribution is 2.31. The summed E-state index contributed by atoms with van der Waals surface area (Å²) < 4.78 is 10.1. The Labute approximate surface area is 141 Å². The number of esters is 1. The molecule has 0 fully saturated rings. The number of urea groups is 1. The molecule has 0 aromatic heterocycles. The van der Waals surface area contributed by atoms with E-state index in [2.05, 4.69) is 10.1 Å². The molecule has 128 valence electrons. The lowest BCUT2D eigenvalue weighted by atomic mass is 10.1. The number of methoxy groups -OCH3 is 1. The van der Waals surface area contributed by atoms with E-state index in [1.54, 1.807) is 24.1 Å². The Hall–Kier alpha value is -2.76. The fourth-order valence-electron chi connectivity index (χ4n) is 2.14. The predicted molar refractivity (Wildman–Crippen MR) is 93.4 cm³/mol. The number of hydrogen-bond acceptors (Lipinski definition) is 4. The summed E-state index contributed by atoms with van der Waals surface area (Å²) in [5.74, 6) is 0.112. The maximum Gasteiger partial charge on any atom is 0.343 e. The molecule has 24 heavy (non-hydrogen) atoms. The first-order valence-electron chi connectivity index (χ1n) is 7.69. The molecule has 0 heterocycles. The lowest BCUT2D eigenvalue weighted by Crippen LogP contribution is -2.36. The van der Waals surface area contributed by atoms with Crippen molar-refractivity contribution in [3.05, 3.63) is 36.4 Å². The first-order chi connectivity index (χ1) is 11.4. The van der Waals surface area contributed by atoms with Crippen LogP contribution < -0.4 is 10.1 Å². The molecular weight excluding hydrogens is 308 g/mol. The van der Waals surface area contributed by atoms with Gasteiger partial charge >= 0.3 is 12.0 Å². The van der Waals surface area contributed by atoms with E-state index in [1.165, 1.54) is 7.11 Å². The van der Waals surface area contributed by atoms with Gasteiger partial charge in [-0.1, -0.05) is 24.3 Å². The van der Waals surface area contributed by atoms with Crippen molar-refractivity contribution < 1.29 is 19.1 Å².